The molecule has 1 aliphatic rings. The number of carbonyl (C=O) groups excluding carboxylic acids is 1. The average Bonchev–Trinajstić information content (AvgIpc) is 2.22. The van der Waals surface area contributed by atoms with Crippen LogP contribution < -0.4 is 11.1 Å². The Bertz CT molecular complexity index is 239. The van der Waals surface area contributed by atoms with E-state index in [-0.39, 0.29) is 5.91 Å². The van der Waals surface area contributed by atoms with Gasteiger partial charge in [0.2, 0.25) is 5.91 Å². The van der Waals surface area contributed by atoms with Crippen LogP contribution in [-0.4, -0.2) is 43.0 Å². The maximum atomic E-state index is 11.9. The lowest BCUT2D eigenvalue weighted by atomic mass is 9.91. The number of nitrogens with zero attached hydrogens (tertiary/aromatic N) is 1. The summed E-state index contributed by atoms with van der Waals surface area (Å²) in [6.07, 6.45) is 5.82. The summed E-state index contributed by atoms with van der Waals surface area (Å²) in [5.41, 5.74) is 5.55. The van der Waals surface area contributed by atoms with Crippen molar-refractivity contribution >= 4 is 5.91 Å². The molecular formula is C14H29N3O. The predicted molar refractivity (Wildman–Crippen MR) is 75.3 cm³/mol. The fourth-order valence-corrected chi connectivity index (χ4v) is 2.18. The van der Waals surface area contributed by atoms with Crippen molar-refractivity contribution in [3.63, 3.8) is 0 Å². The molecule has 1 rings (SSSR count). The van der Waals surface area contributed by atoms with Gasteiger partial charge in [-0.25, -0.2) is 0 Å². The average molecular weight is 255 g/mol. The molecule has 106 valence electrons. The molecule has 1 aliphatic carbocycles. The number of nitrogens with two attached hydrogens (primary N) is 1. The highest BCUT2D eigenvalue weighted by molar-refractivity contribution is 5.78. The zero-order valence-electron chi connectivity index (χ0n) is 12.0. The number of nitrogens with one attached hydrogen (secondary N) is 1. The van der Waals surface area contributed by atoms with Gasteiger partial charge in [-0.1, -0.05) is 20.3 Å². The van der Waals surface area contributed by atoms with Gasteiger partial charge in [0.1, 0.15) is 0 Å². The molecule has 1 saturated carbocycles. The van der Waals surface area contributed by atoms with Crippen LogP contribution >= 0.6 is 0 Å². The first-order chi connectivity index (χ1) is 8.63. The Morgan fingerprint density at radius 1 is 1.44 bits per heavy atom. The molecule has 0 atom stereocenters. The van der Waals surface area contributed by atoms with Gasteiger partial charge in [-0.3, -0.25) is 9.69 Å². The predicted octanol–water partition coefficient (Wildman–Crippen LogP) is 1.35. The van der Waals surface area contributed by atoms with Crippen molar-refractivity contribution in [2.75, 3.05) is 26.2 Å². The van der Waals surface area contributed by atoms with Crippen LogP contribution in [-0.2, 0) is 4.79 Å². The monoisotopic (exact) mass is 255 g/mol. The minimum atomic E-state index is 0.166. The summed E-state index contributed by atoms with van der Waals surface area (Å²) in [4.78, 5) is 14.2. The van der Waals surface area contributed by atoms with Gasteiger partial charge in [-0.05, 0) is 38.1 Å². The Balaban J connectivity index is 2.23. The molecule has 0 aromatic heterocycles. The van der Waals surface area contributed by atoms with Crippen molar-refractivity contribution in [2.45, 2.75) is 52.0 Å². The lowest BCUT2D eigenvalue weighted by Gasteiger charge is -2.37. The van der Waals surface area contributed by atoms with Crippen molar-refractivity contribution in [1.82, 2.24) is 10.2 Å². The molecule has 0 heterocycles. The van der Waals surface area contributed by atoms with Gasteiger partial charge < -0.3 is 11.1 Å². The van der Waals surface area contributed by atoms with Crippen LogP contribution in [0.5, 0.6) is 0 Å². The van der Waals surface area contributed by atoms with Gasteiger partial charge in [0.25, 0.3) is 0 Å². The molecule has 0 saturated heterocycles. The van der Waals surface area contributed by atoms with Gasteiger partial charge in [-0.2, -0.15) is 0 Å². The van der Waals surface area contributed by atoms with Crippen molar-refractivity contribution < 1.29 is 4.79 Å². The summed E-state index contributed by atoms with van der Waals surface area (Å²) in [6, 6.07) is 0.618. The Labute approximate surface area is 111 Å². The van der Waals surface area contributed by atoms with Crippen molar-refractivity contribution in [2.24, 2.45) is 11.7 Å². The molecule has 4 heteroatoms. The molecule has 4 nitrogen and oxygen atoms in total. The van der Waals surface area contributed by atoms with E-state index < -0.39 is 0 Å². The van der Waals surface area contributed by atoms with E-state index in [2.05, 4.69) is 24.1 Å². The molecule has 0 bridgehead atoms. The highest BCUT2D eigenvalue weighted by Crippen LogP contribution is 2.24. The van der Waals surface area contributed by atoms with Gasteiger partial charge in [0.05, 0.1) is 6.54 Å². The number of amides is 1. The van der Waals surface area contributed by atoms with E-state index in [4.69, 9.17) is 5.73 Å². The summed E-state index contributed by atoms with van der Waals surface area (Å²) < 4.78 is 0. The van der Waals surface area contributed by atoms with E-state index >= 15 is 0 Å². The first kappa shape index (κ1) is 15.4. The number of hydrogen-bond acceptors (Lipinski definition) is 3. The first-order valence-electron chi connectivity index (χ1n) is 7.34. The molecule has 0 unspecified atom stereocenters. The largest absolute Gasteiger partial charge is 0.355 e. The van der Waals surface area contributed by atoms with E-state index in [0.717, 1.165) is 25.9 Å². The molecule has 3 N–H and O–H groups in total. The van der Waals surface area contributed by atoms with Crippen LogP contribution in [0, 0.1) is 5.92 Å². The van der Waals surface area contributed by atoms with Crippen LogP contribution in [0.3, 0.4) is 0 Å². The molecule has 0 aliphatic heterocycles. The second-order valence-corrected chi connectivity index (χ2v) is 5.73. The van der Waals surface area contributed by atoms with Gasteiger partial charge in [-0.15, -0.1) is 0 Å². The van der Waals surface area contributed by atoms with E-state index in [1.54, 1.807) is 0 Å². The van der Waals surface area contributed by atoms with E-state index in [1.165, 1.54) is 19.3 Å². The lowest BCUT2D eigenvalue weighted by Crippen LogP contribution is -2.46. The van der Waals surface area contributed by atoms with E-state index in [0.29, 0.717) is 25.0 Å². The Hall–Kier alpha value is -0.610. The van der Waals surface area contributed by atoms with E-state index in [1.807, 2.05) is 0 Å². The molecular weight excluding hydrogens is 226 g/mol. The topological polar surface area (TPSA) is 58.4 Å². The zero-order valence-corrected chi connectivity index (χ0v) is 12.0. The Morgan fingerprint density at radius 3 is 2.67 bits per heavy atom. The van der Waals surface area contributed by atoms with Crippen molar-refractivity contribution in [1.29, 1.82) is 0 Å². The molecule has 1 fully saturated rings. The van der Waals surface area contributed by atoms with Crippen LogP contribution in [0.25, 0.3) is 0 Å². The second kappa shape index (κ2) is 8.48. The zero-order chi connectivity index (χ0) is 13.4. The summed E-state index contributed by atoms with van der Waals surface area (Å²) in [7, 11) is 0. The Morgan fingerprint density at radius 2 is 2.17 bits per heavy atom. The fourth-order valence-electron chi connectivity index (χ4n) is 2.18. The first-order valence-corrected chi connectivity index (χ1v) is 7.34. The number of hydrogen-bond donors (Lipinski definition) is 2. The highest BCUT2D eigenvalue weighted by Gasteiger charge is 2.25. The molecule has 0 spiro atoms. The van der Waals surface area contributed by atoms with Crippen molar-refractivity contribution in [3.8, 4) is 0 Å². The second-order valence-electron chi connectivity index (χ2n) is 5.73. The fraction of sp³-hybridized carbons (Fsp3) is 0.929. The van der Waals surface area contributed by atoms with Crippen molar-refractivity contribution in [3.05, 3.63) is 0 Å². The third kappa shape index (κ3) is 5.83. The smallest absolute Gasteiger partial charge is 0.234 e. The van der Waals surface area contributed by atoms with Gasteiger partial charge in [0, 0.05) is 19.1 Å². The third-order valence-electron chi connectivity index (χ3n) is 3.63. The highest BCUT2D eigenvalue weighted by atomic mass is 16.2. The SMILES string of the molecule is CC(C)CCNC(=O)CN(CCCN)C1CCC1. The maximum absolute atomic E-state index is 11.9. The lowest BCUT2D eigenvalue weighted by molar-refractivity contribution is -0.123. The van der Waals surface area contributed by atoms with Crippen LogP contribution in [0.2, 0.25) is 0 Å². The van der Waals surface area contributed by atoms with Crippen LogP contribution in [0.15, 0.2) is 0 Å². The summed E-state index contributed by atoms with van der Waals surface area (Å²) in [5.74, 6) is 0.810. The summed E-state index contributed by atoms with van der Waals surface area (Å²) in [5, 5.41) is 3.01. The standard InChI is InChI=1S/C14H29N3O/c1-12(2)7-9-16-14(18)11-17(10-4-8-15)13-5-3-6-13/h12-13H,3-11,15H2,1-2H3,(H,16,18). The summed E-state index contributed by atoms with van der Waals surface area (Å²) in [6.45, 7) is 7.35. The van der Waals surface area contributed by atoms with Crippen LogP contribution in [0.4, 0.5) is 0 Å². The molecule has 18 heavy (non-hydrogen) atoms. The van der Waals surface area contributed by atoms with Gasteiger partial charge >= 0.3 is 0 Å². The van der Waals surface area contributed by atoms with E-state index in [9.17, 15) is 4.79 Å². The quantitative estimate of drug-likeness (QED) is 0.654. The third-order valence-corrected chi connectivity index (χ3v) is 3.63. The maximum Gasteiger partial charge on any atom is 0.234 e. The minimum absolute atomic E-state index is 0.166. The molecule has 0 aromatic carbocycles. The Kier molecular flexibility index (Phi) is 7.28. The van der Waals surface area contributed by atoms with Gasteiger partial charge in [0.15, 0.2) is 0 Å². The molecule has 0 aromatic rings. The molecule has 1 amide bonds. The molecule has 0 radical (unpaired) electrons. The number of rotatable bonds is 9. The van der Waals surface area contributed by atoms with Crippen LogP contribution in [0.1, 0.15) is 46.0 Å². The number of carbonyl (C=O) groups is 1. The minimum Gasteiger partial charge on any atom is -0.355 e. The summed E-state index contributed by atoms with van der Waals surface area (Å²) >= 11 is 0. The normalized spacial score (nSPS) is 16.1.